The van der Waals surface area contributed by atoms with Crippen LogP contribution in [-0.4, -0.2) is 44.2 Å². The van der Waals surface area contributed by atoms with Gasteiger partial charge in [-0.2, -0.15) is 0 Å². The van der Waals surface area contributed by atoms with E-state index in [0.29, 0.717) is 24.0 Å². The van der Waals surface area contributed by atoms with Crippen molar-refractivity contribution in [1.29, 1.82) is 0 Å². The molecule has 1 spiro atoms. The van der Waals surface area contributed by atoms with Crippen LogP contribution < -0.4 is 11.3 Å². The molecule has 0 saturated carbocycles. The lowest BCUT2D eigenvalue weighted by Crippen LogP contribution is -2.53. The molecule has 4 unspecified atom stereocenters. The van der Waals surface area contributed by atoms with E-state index in [1.807, 2.05) is 0 Å². The SMILES string of the molecule is CC1CC(C(NN)C2CCOC3(CCOCC3)C2)CO1. The Morgan fingerprint density at radius 3 is 2.65 bits per heavy atom. The van der Waals surface area contributed by atoms with E-state index < -0.39 is 0 Å². The molecule has 0 aromatic rings. The van der Waals surface area contributed by atoms with E-state index in [0.717, 1.165) is 58.5 Å². The maximum absolute atomic E-state index is 6.14. The molecule has 0 bridgehead atoms. The highest BCUT2D eigenvalue weighted by molar-refractivity contribution is 4.95. The van der Waals surface area contributed by atoms with Crippen LogP contribution in [0.4, 0.5) is 0 Å². The van der Waals surface area contributed by atoms with E-state index in [9.17, 15) is 0 Å². The number of hydrogen-bond donors (Lipinski definition) is 2. The summed E-state index contributed by atoms with van der Waals surface area (Å²) in [4.78, 5) is 0. The minimum atomic E-state index is 0.0430. The molecule has 0 amide bonds. The van der Waals surface area contributed by atoms with Crippen LogP contribution in [0.25, 0.3) is 0 Å². The molecule has 3 aliphatic heterocycles. The summed E-state index contributed by atoms with van der Waals surface area (Å²) in [6.07, 6.45) is 5.74. The average Bonchev–Trinajstić information content (AvgIpc) is 2.87. The van der Waals surface area contributed by atoms with Crippen LogP contribution in [-0.2, 0) is 14.2 Å². The van der Waals surface area contributed by atoms with Crippen molar-refractivity contribution in [3.8, 4) is 0 Å². The van der Waals surface area contributed by atoms with Crippen molar-refractivity contribution in [2.75, 3.05) is 26.4 Å². The third kappa shape index (κ3) is 3.02. The van der Waals surface area contributed by atoms with Gasteiger partial charge in [0.15, 0.2) is 0 Å². The summed E-state index contributed by atoms with van der Waals surface area (Å²) < 4.78 is 17.4. The summed E-state index contributed by atoms with van der Waals surface area (Å²) in [5.41, 5.74) is 3.13. The summed E-state index contributed by atoms with van der Waals surface area (Å²) in [5, 5.41) is 0. The molecule has 3 N–H and O–H groups in total. The highest BCUT2D eigenvalue weighted by atomic mass is 16.5. The summed E-state index contributed by atoms with van der Waals surface area (Å²) >= 11 is 0. The summed E-state index contributed by atoms with van der Waals surface area (Å²) in [7, 11) is 0. The highest BCUT2D eigenvalue weighted by Crippen LogP contribution is 2.40. The molecule has 3 saturated heterocycles. The third-order valence-corrected chi connectivity index (χ3v) is 5.37. The predicted molar refractivity (Wildman–Crippen MR) is 76.1 cm³/mol. The normalized spacial score (nSPS) is 39.0. The Kier molecular flexibility index (Phi) is 4.62. The molecule has 0 aliphatic carbocycles. The lowest BCUT2D eigenvalue weighted by molar-refractivity contribution is -0.151. The number of hydrazine groups is 1. The zero-order valence-corrected chi connectivity index (χ0v) is 12.5. The van der Waals surface area contributed by atoms with Gasteiger partial charge in [-0.05, 0) is 44.9 Å². The van der Waals surface area contributed by atoms with Gasteiger partial charge in [-0.15, -0.1) is 0 Å². The highest BCUT2D eigenvalue weighted by Gasteiger charge is 2.43. The van der Waals surface area contributed by atoms with Crippen LogP contribution >= 0.6 is 0 Å². The van der Waals surface area contributed by atoms with E-state index >= 15 is 0 Å². The zero-order valence-electron chi connectivity index (χ0n) is 12.5. The molecule has 3 rings (SSSR count). The number of nitrogens with two attached hydrogens (primary N) is 1. The Morgan fingerprint density at radius 1 is 1.20 bits per heavy atom. The molecule has 3 fully saturated rings. The van der Waals surface area contributed by atoms with E-state index in [-0.39, 0.29) is 5.60 Å². The first-order valence-electron chi connectivity index (χ1n) is 8.02. The number of rotatable bonds is 3. The molecule has 3 aliphatic rings. The summed E-state index contributed by atoms with van der Waals surface area (Å²) in [5.74, 6) is 7.00. The zero-order chi connectivity index (χ0) is 14.0. The van der Waals surface area contributed by atoms with Crippen LogP contribution in [0.1, 0.15) is 39.0 Å². The second kappa shape index (κ2) is 6.28. The molecule has 4 atom stereocenters. The molecule has 0 aromatic heterocycles. The van der Waals surface area contributed by atoms with Gasteiger partial charge in [-0.1, -0.05) is 0 Å². The molecule has 116 valence electrons. The first kappa shape index (κ1) is 14.7. The van der Waals surface area contributed by atoms with Gasteiger partial charge in [0, 0.05) is 31.8 Å². The van der Waals surface area contributed by atoms with Crippen molar-refractivity contribution in [2.24, 2.45) is 17.7 Å². The molecule has 0 aromatic carbocycles. The third-order valence-electron chi connectivity index (χ3n) is 5.37. The summed E-state index contributed by atoms with van der Waals surface area (Å²) in [6, 6.07) is 0.351. The fraction of sp³-hybridized carbons (Fsp3) is 1.00. The Bertz CT molecular complexity index is 315. The maximum Gasteiger partial charge on any atom is 0.0729 e. The van der Waals surface area contributed by atoms with Gasteiger partial charge < -0.3 is 14.2 Å². The number of nitrogens with one attached hydrogen (secondary N) is 1. The van der Waals surface area contributed by atoms with Crippen molar-refractivity contribution >= 4 is 0 Å². The van der Waals surface area contributed by atoms with E-state index in [4.69, 9.17) is 20.1 Å². The van der Waals surface area contributed by atoms with Gasteiger partial charge in [0.2, 0.25) is 0 Å². The number of ether oxygens (including phenoxy) is 3. The monoisotopic (exact) mass is 284 g/mol. The van der Waals surface area contributed by atoms with Crippen LogP contribution in [0.5, 0.6) is 0 Å². The lowest BCUT2D eigenvalue weighted by Gasteiger charge is -2.46. The fourth-order valence-corrected chi connectivity index (χ4v) is 4.22. The molecule has 5 nitrogen and oxygen atoms in total. The van der Waals surface area contributed by atoms with Gasteiger partial charge in [-0.25, -0.2) is 0 Å². The van der Waals surface area contributed by atoms with E-state index in [1.165, 1.54) is 0 Å². The van der Waals surface area contributed by atoms with Crippen LogP contribution in [0.2, 0.25) is 0 Å². The average molecular weight is 284 g/mol. The Morgan fingerprint density at radius 2 is 2.00 bits per heavy atom. The summed E-state index contributed by atoms with van der Waals surface area (Å²) in [6.45, 7) is 5.50. The largest absolute Gasteiger partial charge is 0.381 e. The van der Waals surface area contributed by atoms with Crippen LogP contribution in [0.3, 0.4) is 0 Å². The first-order chi connectivity index (χ1) is 9.72. The van der Waals surface area contributed by atoms with Crippen molar-refractivity contribution in [2.45, 2.75) is 56.8 Å². The van der Waals surface area contributed by atoms with E-state index in [2.05, 4.69) is 12.3 Å². The Hall–Kier alpha value is -0.200. The van der Waals surface area contributed by atoms with Crippen molar-refractivity contribution in [3.63, 3.8) is 0 Å². The first-order valence-corrected chi connectivity index (χ1v) is 8.02. The Balaban J connectivity index is 1.65. The van der Waals surface area contributed by atoms with Crippen molar-refractivity contribution in [3.05, 3.63) is 0 Å². The van der Waals surface area contributed by atoms with Crippen molar-refractivity contribution in [1.82, 2.24) is 5.43 Å². The number of hydrogen-bond acceptors (Lipinski definition) is 5. The van der Waals surface area contributed by atoms with Gasteiger partial charge in [0.05, 0.1) is 18.3 Å². The second-order valence-corrected chi connectivity index (χ2v) is 6.73. The standard InChI is InChI=1S/C15H28N2O3/c1-11-8-13(10-19-11)14(17-16)12-2-5-20-15(9-12)3-6-18-7-4-15/h11-14,17H,2-10,16H2,1H3. The fourth-order valence-electron chi connectivity index (χ4n) is 4.22. The van der Waals surface area contributed by atoms with E-state index in [1.54, 1.807) is 0 Å². The quantitative estimate of drug-likeness (QED) is 0.602. The lowest BCUT2D eigenvalue weighted by atomic mass is 9.74. The van der Waals surface area contributed by atoms with Crippen LogP contribution in [0.15, 0.2) is 0 Å². The Labute approximate surface area is 121 Å². The minimum Gasteiger partial charge on any atom is -0.381 e. The van der Waals surface area contributed by atoms with Gasteiger partial charge in [0.1, 0.15) is 0 Å². The van der Waals surface area contributed by atoms with Crippen molar-refractivity contribution < 1.29 is 14.2 Å². The molecule has 3 heterocycles. The second-order valence-electron chi connectivity index (χ2n) is 6.73. The molecular formula is C15H28N2O3. The smallest absolute Gasteiger partial charge is 0.0729 e. The van der Waals surface area contributed by atoms with Gasteiger partial charge in [0.25, 0.3) is 0 Å². The van der Waals surface area contributed by atoms with Gasteiger partial charge >= 0.3 is 0 Å². The molecule has 0 radical (unpaired) electrons. The predicted octanol–water partition coefficient (Wildman–Crippen LogP) is 1.22. The van der Waals surface area contributed by atoms with Gasteiger partial charge in [-0.3, -0.25) is 11.3 Å². The molecular weight excluding hydrogens is 256 g/mol. The molecule has 20 heavy (non-hydrogen) atoms. The topological polar surface area (TPSA) is 65.7 Å². The molecule has 5 heteroatoms. The maximum atomic E-state index is 6.14. The minimum absolute atomic E-state index is 0.0430. The van der Waals surface area contributed by atoms with Crippen LogP contribution in [0, 0.1) is 11.8 Å².